The number of anilines is 1. The van der Waals surface area contributed by atoms with Crippen LogP contribution in [0, 0.1) is 0 Å². The van der Waals surface area contributed by atoms with Crippen molar-refractivity contribution in [2.45, 2.75) is 19.3 Å². The molecule has 30 heavy (non-hydrogen) atoms. The summed E-state index contributed by atoms with van der Waals surface area (Å²) >= 11 is 3.18. The zero-order valence-corrected chi connectivity index (χ0v) is 17.9. The van der Waals surface area contributed by atoms with Gasteiger partial charge in [0.15, 0.2) is 5.13 Å². The van der Waals surface area contributed by atoms with Crippen LogP contribution in [0.25, 0.3) is 21.0 Å². The molecule has 0 N–H and O–H groups in total. The first kappa shape index (κ1) is 19.1. The number of fused-ring (bicyclic) bond motifs is 1. The Morgan fingerprint density at radius 2 is 2.03 bits per heavy atom. The van der Waals surface area contributed by atoms with Gasteiger partial charge in [0.25, 0.3) is 0 Å². The normalized spacial score (nSPS) is 14.5. The van der Waals surface area contributed by atoms with Gasteiger partial charge in [0.05, 0.1) is 4.88 Å². The molecule has 0 aliphatic carbocycles. The van der Waals surface area contributed by atoms with Crippen LogP contribution in [0.4, 0.5) is 5.13 Å². The fourth-order valence-electron chi connectivity index (χ4n) is 3.45. The predicted octanol–water partition coefficient (Wildman–Crippen LogP) is 3.47. The second-order valence-electron chi connectivity index (χ2n) is 7.03. The zero-order chi connectivity index (χ0) is 20.3. The van der Waals surface area contributed by atoms with Crippen LogP contribution in [0.2, 0.25) is 0 Å². The van der Waals surface area contributed by atoms with Crippen LogP contribution in [0.15, 0.2) is 40.4 Å². The molecule has 0 bridgehead atoms. The summed E-state index contributed by atoms with van der Waals surface area (Å²) in [5.41, 5.74) is 0.930. The average Bonchev–Trinajstić information content (AvgIpc) is 3.53. The molecule has 0 saturated carbocycles. The molecular formula is C20H20N6O2S2. The molecule has 1 saturated heterocycles. The first-order valence-corrected chi connectivity index (χ1v) is 11.6. The summed E-state index contributed by atoms with van der Waals surface area (Å²) in [5, 5.41) is 6.98. The fourth-order valence-corrected chi connectivity index (χ4v) is 5.06. The third kappa shape index (κ3) is 4.05. The highest BCUT2D eigenvalue weighted by atomic mass is 32.1. The van der Waals surface area contributed by atoms with E-state index < -0.39 is 0 Å². The number of aromatic nitrogens is 4. The lowest BCUT2D eigenvalue weighted by Crippen LogP contribution is -2.48. The van der Waals surface area contributed by atoms with Gasteiger partial charge in [-0.3, -0.25) is 4.79 Å². The monoisotopic (exact) mass is 440 g/mol. The summed E-state index contributed by atoms with van der Waals surface area (Å²) in [5.74, 6) is 1.38. The maximum atomic E-state index is 12.6. The molecule has 1 fully saturated rings. The molecule has 4 aromatic heterocycles. The van der Waals surface area contributed by atoms with Crippen molar-refractivity contribution in [2.24, 2.45) is 0 Å². The quantitative estimate of drug-likeness (QED) is 0.453. The van der Waals surface area contributed by atoms with E-state index >= 15 is 0 Å². The van der Waals surface area contributed by atoms with Gasteiger partial charge in [0.1, 0.15) is 10.3 Å². The van der Waals surface area contributed by atoms with E-state index in [1.807, 2.05) is 34.5 Å². The number of carbonyl (C=O) groups excluding carboxylic acids is 1. The summed E-state index contributed by atoms with van der Waals surface area (Å²) in [6.07, 6.45) is 3.59. The summed E-state index contributed by atoms with van der Waals surface area (Å²) in [4.78, 5) is 32.1. The van der Waals surface area contributed by atoms with Gasteiger partial charge >= 0.3 is 0 Å². The molecule has 0 aromatic carbocycles. The van der Waals surface area contributed by atoms with Crippen molar-refractivity contribution >= 4 is 44.1 Å². The Balaban J connectivity index is 1.09. The van der Waals surface area contributed by atoms with E-state index in [2.05, 4.69) is 25.0 Å². The summed E-state index contributed by atoms with van der Waals surface area (Å²) < 4.78 is 5.31. The van der Waals surface area contributed by atoms with Gasteiger partial charge in [-0.05, 0) is 30.0 Å². The molecule has 0 atom stereocenters. The van der Waals surface area contributed by atoms with Crippen LogP contribution in [0.3, 0.4) is 0 Å². The van der Waals surface area contributed by atoms with Crippen molar-refractivity contribution in [3.05, 3.63) is 41.7 Å². The van der Waals surface area contributed by atoms with E-state index in [4.69, 9.17) is 4.52 Å². The van der Waals surface area contributed by atoms with Crippen molar-refractivity contribution in [1.29, 1.82) is 0 Å². The summed E-state index contributed by atoms with van der Waals surface area (Å²) in [7, 11) is 0. The molecule has 10 heteroatoms. The minimum Gasteiger partial charge on any atom is -0.344 e. The van der Waals surface area contributed by atoms with E-state index in [0.29, 0.717) is 44.1 Å². The fraction of sp³-hybridized carbons (Fsp3) is 0.350. The maximum absolute atomic E-state index is 12.6. The van der Waals surface area contributed by atoms with Crippen LogP contribution >= 0.6 is 22.7 Å². The van der Waals surface area contributed by atoms with Gasteiger partial charge in [-0.1, -0.05) is 22.6 Å². The maximum Gasteiger partial charge on any atom is 0.226 e. The number of nitrogens with zero attached hydrogens (tertiary/aromatic N) is 6. The molecule has 5 rings (SSSR count). The Kier molecular flexibility index (Phi) is 5.41. The number of aryl methyl sites for hydroxylation is 1. The van der Waals surface area contributed by atoms with Crippen molar-refractivity contribution in [3.63, 3.8) is 0 Å². The van der Waals surface area contributed by atoms with Crippen molar-refractivity contribution in [3.8, 4) is 10.7 Å². The van der Waals surface area contributed by atoms with Crippen molar-refractivity contribution in [2.75, 3.05) is 31.1 Å². The number of carbonyl (C=O) groups is 1. The summed E-state index contributed by atoms with van der Waals surface area (Å²) in [6, 6.07) is 7.81. The van der Waals surface area contributed by atoms with E-state index in [9.17, 15) is 4.79 Å². The van der Waals surface area contributed by atoms with Crippen LogP contribution in [0.1, 0.15) is 18.7 Å². The van der Waals surface area contributed by atoms with Gasteiger partial charge in [0, 0.05) is 45.2 Å². The minimum absolute atomic E-state index is 0.179. The molecule has 0 unspecified atom stereocenters. The molecule has 0 spiro atoms. The lowest BCUT2D eigenvalue weighted by atomic mass is 10.2. The number of hydrogen-bond donors (Lipinski definition) is 0. The third-order valence-corrected chi connectivity index (χ3v) is 6.95. The SMILES string of the molecule is O=C(CCCc1nc(-c2cccs2)no1)N1CCN(c2nc3cccnc3s2)CC1. The van der Waals surface area contributed by atoms with Gasteiger partial charge in [-0.2, -0.15) is 4.98 Å². The number of pyridine rings is 1. The van der Waals surface area contributed by atoms with Crippen LogP contribution in [-0.2, 0) is 11.2 Å². The molecular weight excluding hydrogens is 420 g/mol. The Bertz CT molecular complexity index is 1100. The topological polar surface area (TPSA) is 88.3 Å². The molecule has 5 heterocycles. The van der Waals surface area contributed by atoms with Crippen molar-refractivity contribution in [1.82, 2.24) is 25.0 Å². The lowest BCUT2D eigenvalue weighted by Gasteiger charge is -2.34. The van der Waals surface area contributed by atoms with Crippen LogP contribution in [-0.4, -0.2) is 57.1 Å². The predicted molar refractivity (Wildman–Crippen MR) is 117 cm³/mol. The smallest absolute Gasteiger partial charge is 0.226 e. The number of piperazine rings is 1. The highest BCUT2D eigenvalue weighted by molar-refractivity contribution is 7.21. The number of hydrogen-bond acceptors (Lipinski definition) is 9. The first-order chi connectivity index (χ1) is 14.8. The number of rotatable bonds is 6. The van der Waals surface area contributed by atoms with E-state index in [1.165, 1.54) is 0 Å². The Morgan fingerprint density at radius 1 is 1.13 bits per heavy atom. The van der Waals surface area contributed by atoms with Crippen LogP contribution < -0.4 is 4.90 Å². The summed E-state index contributed by atoms with van der Waals surface area (Å²) in [6.45, 7) is 3.01. The number of thiazole rings is 1. The Morgan fingerprint density at radius 3 is 2.83 bits per heavy atom. The van der Waals surface area contributed by atoms with E-state index in [1.54, 1.807) is 28.9 Å². The Hall–Kier alpha value is -2.85. The lowest BCUT2D eigenvalue weighted by molar-refractivity contribution is -0.131. The van der Waals surface area contributed by atoms with Crippen LogP contribution in [0.5, 0.6) is 0 Å². The molecule has 8 nitrogen and oxygen atoms in total. The highest BCUT2D eigenvalue weighted by Gasteiger charge is 2.23. The number of thiophene rings is 1. The zero-order valence-electron chi connectivity index (χ0n) is 16.2. The highest BCUT2D eigenvalue weighted by Crippen LogP contribution is 2.27. The molecule has 1 amide bonds. The van der Waals surface area contributed by atoms with Gasteiger partial charge < -0.3 is 14.3 Å². The molecule has 1 aliphatic heterocycles. The van der Waals surface area contributed by atoms with E-state index in [-0.39, 0.29) is 5.91 Å². The van der Waals surface area contributed by atoms with E-state index in [0.717, 1.165) is 33.4 Å². The first-order valence-electron chi connectivity index (χ1n) is 9.87. The van der Waals surface area contributed by atoms with Crippen molar-refractivity contribution < 1.29 is 9.32 Å². The van der Waals surface area contributed by atoms with Gasteiger partial charge in [-0.25, -0.2) is 9.97 Å². The van der Waals surface area contributed by atoms with Gasteiger partial charge in [-0.15, -0.1) is 11.3 Å². The molecule has 0 radical (unpaired) electrons. The average molecular weight is 441 g/mol. The largest absolute Gasteiger partial charge is 0.344 e. The number of amides is 1. The third-order valence-electron chi connectivity index (χ3n) is 5.05. The molecule has 154 valence electrons. The second kappa shape index (κ2) is 8.49. The molecule has 4 aromatic rings. The van der Waals surface area contributed by atoms with Gasteiger partial charge in [0.2, 0.25) is 17.6 Å². The standard InChI is InChI=1S/C20H20N6O2S2/c27-17(7-1-6-16-23-18(24-28-16)15-5-3-13-29-15)25-9-11-26(12-10-25)20-22-14-4-2-8-21-19(14)30-20/h2-5,8,13H,1,6-7,9-12H2. The molecule has 1 aliphatic rings. The minimum atomic E-state index is 0.179. The second-order valence-corrected chi connectivity index (χ2v) is 8.94. The Labute approximate surface area is 181 Å².